The molecule has 7 heteroatoms. The van der Waals surface area contributed by atoms with Crippen LogP contribution in [-0.4, -0.2) is 76.9 Å². The normalized spacial score (nSPS) is 22.8. The second-order valence-electron chi connectivity index (χ2n) is 10.4. The largest absolute Gasteiger partial charge is 0.444 e. The second kappa shape index (κ2) is 9.75. The number of rotatable bonds is 6. The third-order valence-electron chi connectivity index (χ3n) is 6.38. The van der Waals surface area contributed by atoms with Crippen LogP contribution in [0.15, 0.2) is 4.99 Å². The van der Waals surface area contributed by atoms with E-state index in [9.17, 15) is 9.90 Å². The van der Waals surface area contributed by atoms with Crippen LogP contribution in [0.1, 0.15) is 79.1 Å². The number of nitrogens with one attached hydrogen (secondary N) is 1. The van der Waals surface area contributed by atoms with Gasteiger partial charge in [0.05, 0.1) is 12.1 Å². The van der Waals surface area contributed by atoms with E-state index >= 15 is 0 Å². The highest BCUT2D eigenvalue weighted by molar-refractivity contribution is 5.80. The molecule has 1 amide bonds. The third-order valence-corrected chi connectivity index (χ3v) is 6.38. The molecule has 2 saturated carbocycles. The lowest BCUT2D eigenvalue weighted by Crippen LogP contribution is -2.52. The molecule has 1 aliphatic heterocycles. The average molecular weight is 423 g/mol. The van der Waals surface area contributed by atoms with Crippen LogP contribution in [0.25, 0.3) is 0 Å². The van der Waals surface area contributed by atoms with E-state index < -0.39 is 11.2 Å². The maximum atomic E-state index is 12.9. The summed E-state index contributed by atoms with van der Waals surface area (Å²) in [6.45, 7) is 11.7. The van der Waals surface area contributed by atoms with Crippen LogP contribution in [0.5, 0.6) is 0 Å². The van der Waals surface area contributed by atoms with Gasteiger partial charge in [0, 0.05) is 32.2 Å². The van der Waals surface area contributed by atoms with Crippen molar-refractivity contribution in [2.75, 3.05) is 32.7 Å². The SMILES string of the molecule is CCNC(=NCC1(O)CCCC1)N1CCC(N(CC2CC2)C(=O)OC(C)(C)C)CC1. The average Bonchev–Trinajstić information content (AvgIpc) is 3.41. The Hall–Kier alpha value is -1.50. The van der Waals surface area contributed by atoms with Crippen molar-refractivity contribution in [2.45, 2.75) is 96.3 Å². The standard InChI is InChI=1S/C23H42N4O3/c1-5-24-20(25-17-23(29)12-6-7-13-23)26-14-10-19(11-15-26)27(16-18-8-9-18)21(28)30-22(2,3)4/h18-19,29H,5-17H2,1-4H3,(H,24,25). The van der Waals surface area contributed by atoms with Crippen LogP contribution >= 0.6 is 0 Å². The zero-order chi connectivity index (χ0) is 21.8. The number of aliphatic hydroxyl groups is 1. The van der Waals surface area contributed by atoms with Gasteiger partial charge in [-0.25, -0.2) is 4.79 Å². The van der Waals surface area contributed by atoms with Crippen molar-refractivity contribution in [1.82, 2.24) is 15.1 Å². The molecular weight excluding hydrogens is 380 g/mol. The van der Waals surface area contributed by atoms with Gasteiger partial charge in [0.1, 0.15) is 5.60 Å². The lowest BCUT2D eigenvalue weighted by Gasteiger charge is -2.40. The molecule has 0 spiro atoms. The van der Waals surface area contributed by atoms with Crippen LogP contribution in [0, 0.1) is 5.92 Å². The number of hydrogen-bond donors (Lipinski definition) is 2. The molecule has 30 heavy (non-hydrogen) atoms. The predicted molar refractivity (Wildman–Crippen MR) is 120 cm³/mol. The second-order valence-corrected chi connectivity index (χ2v) is 10.4. The Kier molecular flexibility index (Phi) is 7.53. The van der Waals surface area contributed by atoms with Gasteiger partial charge in [0.25, 0.3) is 0 Å². The number of ether oxygens (including phenoxy) is 1. The molecule has 0 aromatic carbocycles. The van der Waals surface area contributed by atoms with Gasteiger partial charge in [-0.3, -0.25) is 4.99 Å². The van der Waals surface area contributed by atoms with Gasteiger partial charge in [0.15, 0.2) is 5.96 Å². The topological polar surface area (TPSA) is 77.4 Å². The van der Waals surface area contributed by atoms with Crippen molar-refractivity contribution in [3.05, 3.63) is 0 Å². The van der Waals surface area contributed by atoms with Crippen LogP contribution in [-0.2, 0) is 4.74 Å². The van der Waals surface area contributed by atoms with Crippen molar-refractivity contribution in [1.29, 1.82) is 0 Å². The molecule has 0 bridgehead atoms. The summed E-state index contributed by atoms with van der Waals surface area (Å²) in [5, 5.41) is 14.0. The van der Waals surface area contributed by atoms with E-state index in [-0.39, 0.29) is 12.1 Å². The van der Waals surface area contributed by atoms with Crippen LogP contribution in [0.2, 0.25) is 0 Å². The summed E-state index contributed by atoms with van der Waals surface area (Å²) < 4.78 is 5.71. The molecule has 2 N–H and O–H groups in total. The van der Waals surface area contributed by atoms with E-state index in [0.717, 1.165) is 70.7 Å². The minimum Gasteiger partial charge on any atom is -0.444 e. The number of nitrogens with zero attached hydrogens (tertiary/aromatic N) is 3. The summed E-state index contributed by atoms with van der Waals surface area (Å²) in [5.74, 6) is 1.53. The van der Waals surface area contributed by atoms with Gasteiger partial charge in [-0.15, -0.1) is 0 Å². The van der Waals surface area contributed by atoms with Crippen molar-refractivity contribution in [2.24, 2.45) is 10.9 Å². The minimum absolute atomic E-state index is 0.170. The summed E-state index contributed by atoms with van der Waals surface area (Å²) in [6, 6.07) is 0.221. The van der Waals surface area contributed by atoms with E-state index in [1.54, 1.807) is 0 Å². The Morgan fingerprint density at radius 1 is 1.20 bits per heavy atom. The minimum atomic E-state index is -0.628. The van der Waals surface area contributed by atoms with E-state index in [1.165, 1.54) is 12.8 Å². The molecule has 0 unspecified atom stereocenters. The first-order chi connectivity index (χ1) is 14.2. The van der Waals surface area contributed by atoms with E-state index in [2.05, 4.69) is 17.1 Å². The summed E-state index contributed by atoms with van der Waals surface area (Å²) in [7, 11) is 0. The smallest absolute Gasteiger partial charge is 0.410 e. The molecular formula is C23H42N4O3. The number of carbonyl (C=O) groups is 1. The summed E-state index contributed by atoms with van der Waals surface area (Å²) in [6.07, 6.45) is 7.99. The van der Waals surface area contributed by atoms with E-state index in [4.69, 9.17) is 9.73 Å². The zero-order valence-electron chi connectivity index (χ0n) is 19.5. The van der Waals surface area contributed by atoms with Crippen LogP contribution in [0.3, 0.4) is 0 Å². The number of aliphatic imine (C=N–C) groups is 1. The monoisotopic (exact) mass is 422 g/mol. The lowest BCUT2D eigenvalue weighted by atomic mass is 10.0. The number of likely N-dealkylation sites (tertiary alicyclic amines) is 1. The van der Waals surface area contributed by atoms with Gasteiger partial charge in [-0.1, -0.05) is 12.8 Å². The molecule has 2 aliphatic carbocycles. The molecule has 0 aromatic rings. The molecule has 0 atom stereocenters. The van der Waals surface area contributed by atoms with Gasteiger partial charge in [-0.2, -0.15) is 0 Å². The number of guanidine groups is 1. The maximum Gasteiger partial charge on any atom is 0.410 e. The Balaban J connectivity index is 1.59. The fourth-order valence-corrected chi connectivity index (χ4v) is 4.50. The Morgan fingerprint density at radius 2 is 1.83 bits per heavy atom. The van der Waals surface area contributed by atoms with E-state index in [1.807, 2.05) is 25.7 Å². The number of amides is 1. The fraction of sp³-hybridized carbons (Fsp3) is 0.913. The molecule has 7 nitrogen and oxygen atoms in total. The molecule has 1 heterocycles. The van der Waals surface area contributed by atoms with Gasteiger partial charge in [-0.05, 0) is 72.1 Å². The first-order valence-electron chi connectivity index (χ1n) is 11.9. The summed E-state index contributed by atoms with van der Waals surface area (Å²) >= 11 is 0. The highest BCUT2D eigenvalue weighted by Gasteiger charge is 2.36. The van der Waals surface area contributed by atoms with Crippen molar-refractivity contribution in [3.63, 3.8) is 0 Å². The van der Waals surface area contributed by atoms with E-state index in [0.29, 0.717) is 12.5 Å². The highest BCUT2D eigenvalue weighted by atomic mass is 16.6. The Bertz CT molecular complexity index is 598. The number of carbonyl (C=O) groups excluding carboxylic acids is 1. The lowest BCUT2D eigenvalue weighted by molar-refractivity contribution is 0.00919. The van der Waals surface area contributed by atoms with Crippen molar-refractivity contribution < 1.29 is 14.6 Å². The molecule has 0 radical (unpaired) electrons. The van der Waals surface area contributed by atoms with Gasteiger partial charge < -0.3 is 25.0 Å². The summed E-state index contributed by atoms with van der Waals surface area (Å²) in [4.78, 5) is 21.9. The Morgan fingerprint density at radius 3 is 2.37 bits per heavy atom. The predicted octanol–water partition coefficient (Wildman–Crippen LogP) is 3.37. The van der Waals surface area contributed by atoms with Crippen LogP contribution < -0.4 is 5.32 Å². The maximum absolute atomic E-state index is 12.9. The molecule has 3 rings (SSSR count). The van der Waals surface area contributed by atoms with Crippen molar-refractivity contribution in [3.8, 4) is 0 Å². The van der Waals surface area contributed by atoms with Crippen molar-refractivity contribution >= 4 is 12.1 Å². The molecule has 1 saturated heterocycles. The van der Waals surface area contributed by atoms with Gasteiger partial charge >= 0.3 is 6.09 Å². The van der Waals surface area contributed by atoms with Gasteiger partial charge in [0.2, 0.25) is 0 Å². The summed E-state index contributed by atoms with van der Waals surface area (Å²) in [5.41, 5.74) is -1.10. The Labute approximate surface area is 182 Å². The van der Waals surface area contributed by atoms with Crippen LogP contribution in [0.4, 0.5) is 4.79 Å². The third kappa shape index (κ3) is 6.76. The highest BCUT2D eigenvalue weighted by Crippen LogP contribution is 2.33. The quantitative estimate of drug-likeness (QED) is 0.507. The molecule has 0 aromatic heterocycles. The fourth-order valence-electron chi connectivity index (χ4n) is 4.50. The molecule has 3 fully saturated rings. The number of hydrogen-bond acceptors (Lipinski definition) is 4. The zero-order valence-corrected chi connectivity index (χ0v) is 19.5. The molecule has 3 aliphatic rings. The molecule has 172 valence electrons. The first kappa shape index (κ1) is 23.2. The number of piperidine rings is 1. The first-order valence-corrected chi connectivity index (χ1v) is 11.9.